The number of urea groups is 1. The summed E-state index contributed by atoms with van der Waals surface area (Å²) in [5, 5.41) is 2.85. The monoisotopic (exact) mass is 437 g/mol. The molecule has 1 N–H and O–H groups in total. The minimum atomic E-state index is -0.174. The van der Waals surface area contributed by atoms with Crippen molar-refractivity contribution in [2.24, 2.45) is 5.92 Å². The predicted octanol–water partition coefficient (Wildman–Crippen LogP) is 3.29. The maximum Gasteiger partial charge on any atom is 0.326 e. The molecule has 2 fully saturated rings. The first-order chi connectivity index (χ1) is 13.1. The van der Waals surface area contributed by atoms with Crippen LogP contribution < -0.4 is 10.2 Å². The average molecular weight is 438 g/mol. The molecule has 9 heteroatoms. The lowest BCUT2D eigenvalue weighted by atomic mass is 10.2. The third-order valence-electron chi connectivity index (χ3n) is 5.30. The molecule has 29 heavy (non-hydrogen) atoms. The highest BCUT2D eigenvalue weighted by atomic mass is 35.5. The second-order valence-electron chi connectivity index (χ2n) is 7.15. The van der Waals surface area contributed by atoms with Gasteiger partial charge >= 0.3 is 6.03 Å². The van der Waals surface area contributed by atoms with E-state index in [1.54, 1.807) is 29.4 Å². The van der Waals surface area contributed by atoms with Crippen LogP contribution in [0.1, 0.15) is 35.7 Å². The van der Waals surface area contributed by atoms with E-state index in [2.05, 4.69) is 22.2 Å². The molecule has 3 heterocycles. The second kappa shape index (κ2) is 9.89. The van der Waals surface area contributed by atoms with Crippen LogP contribution in [0, 0.1) is 5.92 Å². The zero-order valence-corrected chi connectivity index (χ0v) is 17.8. The summed E-state index contributed by atoms with van der Waals surface area (Å²) in [6.07, 6.45) is 7.32. The topological polar surface area (TPSA) is 78.4 Å². The Morgan fingerprint density at radius 3 is 2.62 bits per heavy atom. The molecule has 0 spiro atoms. The summed E-state index contributed by atoms with van der Waals surface area (Å²) in [6.45, 7) is 3.93. The van der Waals surface area contributed by atoms with Gasteiger partial charge in [0, 0.05) is 44.3 Å². The molecule has 2 aromatic rings. The van der Waals surface area contributed by atoms with Gasteiger partial charge in [-0.25, -0.2) is 9.78 Å². The molecule has 3 amide bonds. The maximum atomic E-state index is 12.7. The van der Waals surface area contributed by atoms with Crippen LogP contribution in [0.25, 0.3) is 0 Å². The van der Waals surface area contributed by atoms with E-state index in [1.165, 1.54) is 19.0 Å². The summed E-state index contributed by atoms with van der Waals surface area (Å²) in [7, 11) is 0. The molecular weight excluding hydrogens is 413 g/mol. The van der Waals surface area contributed by atoms with Crippen molar-refractivity contribution in [3.8, 4) is 0 Å². The first-order valence-electron chi connectivity index (χ1n) is 9.35. The SMILES string of the molecule is C[C@H](C1CC1)N1CCN(c2ccc(CNC(=O)c3cccnc3)cn2)C1=O.Cl.Cl. The lowest BCUT2D eigenvalue weighted by molar-refractivity contribution is 0.0950. The third kappa shape index (κ3) is 5.16. The Hall–Kier alpha value is -2.38. The van der Waals surface area contributed by atoms with Crippen molar-refractivity contribution in [2.45, 2.75) is 32.4 Å². The number of rotatable bonds is 6. The molecule has 2 aliphatic rings. The maximum absolute atomic E-state index is 12.7. The van der Waals surface area contributed by atoms with Gasteiger partial charge in [0.15, 0.2) is 0 Å². The van der Waals surface area contributed by atoms with Crippen molar-refractivity contribution in [1.82, 2.24) is 20.2 Å². The number of pyridine rings is 2. The molecule has 7 nitrogen and oxygen atoms in total. The van der Waals surface area contributed by atoms with Crippen LogP contribution >= 0.6 is 24.8 Å². The number of halogens is 2. The summed E-state index contributed by atoms with van der Waals surface area (Å²) < 4.78 is 0. The Bertz CT molecular complexity index is 831. The highest BCUT2D eigenvalue weighted by molar-refractivity contribution is 5.94. The van der Waals surface area contributed by atoms with Crippen LogP contribution in [0.4, 0.5) is 10.6 Å². The number of anilines is 1. The number of amides is 3. The van der Waals surface area contributed by atoms with Crippen LogP contribution in [0.15, 0.2) is 42.9 Å². The van der Waals surface area contributed by atoms with Crippen LogP contribution in [0.3, 0.4) is 0 Å². The van der Waals surface area contributed by atoms with Gasteiger partial charge in [-0.3, -0.25) is 14.7 Å². The van der Waals surface area contributed by atoms with Crippen molar-refractivity contribution in [2.75, 3.05) is 18.0 Å². The number of aromatic nitrogens is 2. The summed E-state index contributed by atoms with van der Waals surface area (Å²) in [5.41, 5.74) is 1.40. The van der Waals surface area contributed by atoms with Gasteiger partial charge in [-0.2, -0.15) is 0 Å². The van der Waals surface area contributed by atoms with Gasteiger partial charge in [0.1, 0.15) is 5.82 Å². The zero-order valence-electron chi connectivity index (χ0n) is 16.2. The molecule has 1 aliphatic heterocycles. The Morgan fingerprint density at radius 1 is 1.21 bits per heavy atom. The Morgan fingerprint density at radius 2 is 2.00 bits per heavy atom. The largest absolute Gasteiger partial charge is 0.348 e. The standard InChI is InChI=1S/C20H23N5O2.2ClH/c1-14(16-5-6-16)24-9-10-25(20(24)27)18-7-4-15(11-22-18)12-23-19(26)17-3-2-8-21-13-17;;/h2-4,7-8,11,13-14,16H,5-6,9-10,12H2,1H3,(H,23,26);2*1H/t14-;;/m1../s1. The first-order valence-corrected chi connectivity index (χ1v) is 9.35. The van der Waals surface area contributed by atoms with Gasteiger partial charge < -0.3 is 10.2 Å². The highest BCUT2D eigenvalue weighted by Crippen LogP contribution is 2.36. The quantitative estimate of drug-likeness (QED) is 0.751. The van der Waals surface area contributed by atoms with Crippen LogP contribution in [-0.4, -0.2) is 45.9 Å². The van der Waals surface area contributed by atoms with Gasteiger partial charge in [0.25, 0.3) is 5.91 Å². The van der Waals surface area contributed by atoms with Crippen LogP contribution in [0.2, 0.25) is 0 Å². The first kappa shape index (κ1) is 22.9. The fraction of sp³-hybridized carbons (Fsp3) is 0.400. The smallest absolute Gasteiger partial charge is 0.326 e. The van der Waals surface area contributed by atoms with Crippen molar-refractivity contribution in [1.29, 1.82) is 0 Å². The van der Waals surface area contributed by atoms with E-state index in [4.69, 9.17) is 0 Å². The lowest BCUT2D eigenvalue weighted by Gasteiger charge is -2.24. The highest BCUT2D eigenvalue weighted by Gasteiger charge is 2.39. The van der Waals surface area contributed by atoms with E-state index in [0.717, 1.165) is 12.1 Å². The molecule has 156 valence electrons. The van der Waals surface area contributed by atoms with Gasteiger partial charge in [-0.05, 0) is 49.4 Å². The van der Waals surface area contributed by atoms with Crippen molar-refractivity contribution in [3.63, 3.8) is 0 Å². The number of nitrogens with one attached hydrogen (secondary N) is 1. The molecule has 0 bridgehead atoms. The fourth-order valence-electron chi connectivity index (χ4n) is 3.44. The fourth-order valence-corrected chi connectivity index (χ4v) is 3.44. The molecule has 1 saturated heterocycles. The van der Waals surface area contributed by atoms with E-state index in [-0.39, 0.29) is 36.8 Å². The number of hydrogen-bond acceptors (Lipinski definition) is 4. The minimum Gasteiger partial charge on any atom is -0.348 e. The average Bonchev–Trinajstić information content (AvgIpc) is 3.49. The van der Waals surface area contributed by atoms with E-state index in [9.17, 15) is 9.59 Å². The zero-order chi connectivity index (χ0) is 18.8. The number of carbonyl (C=O) groups is 2. The molecule has 0 unspecified atom stereocenters. The summed E-state index contributed by atoms with van der Waals surface area (Å²) >= 11 is 0. The Kier molecular flexibility index (Phi) is 7.81. The summed E-state index contributed by atoms with van der Waals surface area (Å²) in [4.78, 5) is 36.8. The van der Waals surface area contributed by atoms with Gasteiger partial charge in [-0.15, -0.1) is 24.8 Å². The van der Waals surface area contributed by atoms with Gasteiger partial charge in [0.05, 0.1) is 5.56 Å². The van der Waals surface area contributed by atoms with E-state index in [0.29, 0.717) is 36.4 Å². The molecular formula is C20H25Cl2N5O2. The predicted molar refractivity (Wildman–Crippen MR) is 116 cm³/mol. The van der Waals surface area contributed by atoms with Crippen LogP contribution in [0.5, 0.6) is 0 Å². The van der Waals surface area contributed by atoms with E-state index < -0.39 is 0 Å². The molecule has 4 rings (SSSR count). The number of nitrogens with zero attached hydrogens (tertiary/aromatic N) is 4. The second-order valence-corrected chi connectivity index (χ2v) is 7.15. The van der Waals surface area contributed by atoms with Crippen molar-refractivity contribution < 1.29 is 9.59 Å². The van der Waals surface area contributed by atoms with Crippen molar-refractivity contribution in [3.05, 3.63) is 54.0 Å². The number of carbonyl (C=O) groups excluding carboxylic acids is 2. The molecule has 1 saturated carbocycles. The Labute approximate surface area is 182 Å². The van der Waals surface area contributed by atoms with E-state index in [1.807, 2.05) is 17.0 Å². The molecule has 0 radical (unpaired) electrons. The minimum absolute atomic E-state index is 0. The molecule has 1 atom stereocenters. The summed E-state index contributed by atoms with van der Waals surface area (Å²) in [5.74, 6) is 1.15. The van der Waals surface area contributed by atoms with Gasteiger partial charge in [0.2, 0.25) is 0 Å². The van der Waals surface area contributed by atoms with Gasteiger partial charge in [-0.1, -0.05) is 6.07 Å². The third-order valence-corrected chi connectivity index (χ3v) is 5.30. The number of hydrogen-bond donors (Lipinski definition) is 1. The van der Waals surface area contributed by atoms with E-state index >= 15 is 0 Å². The van der Waals surface area contributed by atoms with Crippen molar-refractivity contribution >= 4 is 42.6 Å². The molecule has 2 aromatic heterocycles. The normalized spacial score (nSPS) is 16.7. The molecule has 1 aliphatic carbocycles. The molecule has 0 aromatic carbocycles. The summed E-state index contributed by atoms with van der Waals surface area (Å²) in [6, 6.07) is 7.54. The lowest BCUT2D eigenvalue weighted by Crippen LogP contribution is -2.39. The Balaban J connectivity index is 0.00000150. The van der Waals surface area contributed by atoms with Crippen LogP contribution in [-0.2, 0) is 6.54 Å².